The molecule has 1 aromatic heterocycles. The second-order valence-electron chi connectivity index (χ2n) is 4.53. The molecule has 21 heavy (non-hydrogen) atoms. The summed E-state index contributed by atoms with van der Waals surface area (Å²) in [4.78, 5) is 8.07. The number of sulfonamides is 1. The Morgan fingerprint density at radius 3 is 2.71 bits per heavy atom. The Labute approximate surface area is 124 Å². The van der Waals surface area contributed by atoms with Crippen LogP contribution in [-0.4, -0.2) is 18.4 Å². The molecule has 0 aliphatic rings. The van der Waals surface area contributed by atoms with Crippen LogP contribution in [0, 0.1) is 0 Å². The molecular weight excluding hydrogens is 288 g/mol. The molecule has 2 rings (SSSR count). The topological polar surface area (TPSA) is 98.0 Å². The minimum absolute atomic E-state index is 0.126. The van der Waals surface area contributed by atoms with Crippen LogP contribution in [0.25, 0.3) is 0 Å². The summed E-state index contributed by atoms with van der Waals surface area (Å²) in [6.07, 6.45) is 3.59. The number of benzene rings is 1. The predicted molar refractivity (Wildman–Crippen MR) is 79.8 cm³/mol. The van der Waals surface area contributed by atoms with E-state index >= 15 is 0 Å². The standard InChI is InChI=1S/C14H18N4O2S/c1-2-12-4-3-11(8-15)7-14(12)21(19,20)18-9-13-5-6-16-10-17-13/h3-7,10,18H,2,8-9,15H2,1H3. The van der Waals surface area contributed by atoms with Gasteiger partial charge in [0.25, 0.3) is 0 Å². The molecule has 1 heterocycles. The fourth-order valence-corrected chi connectivity index (χ4v) is 3.30. The van der Waals surface area contributed by atoms with Crippen LogP contribution < -0.4 is 10.5 Å². The SMILES string of the molecule is CCc1ccc(CN)cc1S(=O)(=O)NCc1ccncn1. The number of aromatic nitrogens is 2. The molecule has 0 spiro atoms. The lowest BCUT2D eigenvalue weighted by atomic mass is 10.1. The summed E-state index contributed by atoms with van der Waals surface area (Å²) in [6.45, 7) is 2.35. The van der Waals surface area contributed by atoms with Gasteiger partial charge in [0.1, 0.15) is 6.33 Å². The van der Waals surface area contributed by atoms with Crippen LogP contribution in [0.4, 0.5) is 0 Å². The molecule has 0 bridgehead atoms. The number of nitrogens with one attached hydrogen (secondary N) is 1. The predicted octanol–water partition coefficient (Wildman–Crippen LogP) is 0.976. The van der Waals surface area contributed by atoms with Crippen molar-refractivity contribution in [1.82, 2.24) is 14.7 Å². The van der Waals surface area contributed by atoms with Crippen LogP contribution in [0.3, 0.4) is 0 Å². The number of aryl methyl sites for hydroxylation is 1. The Bertz CT molecular complexity index is 702. The number of hydrogen-bond acceptors (Lipinski definition) is 5. The lowest BCUT2D eigenvalue weighted by Gasteiger charge is -2.12. The monoisotopic (exact) mass is 306 g/mol. The number of hydrogen-bond donors (Lipinski definition) is 2. The average molecular weight is 306 g/mol. The molecule has 3 N–H and O–H groups in total. The quantitative estimate of drug-likeness (QED) is 0.829. The number of nitrogens with zero attached hydrogens (tertiary/aromatic N) is 2. The van der Waals surface area contributed by atoms with Crippen molar-refractivity contribution >= 4 is 10.0 Å². The molecule has 7 heteroatoms. The summed E-state index contributed by atoms with van der Waals surface area (Å²) in [5.41, 5.74) is 7.75. The number of nitrogens with two attached hydrogens (primary N) is 1. The zero-order valence-electron chi connectivity index (χ0n) is 11.8. The second-order valence-corrected chi connectivity index (χ2v) is 6.26. The molecular formula is C14H18N4O2S. The van der Waals surface area contributed by atoms with Crippen molar-refractivity contribution in [3.05, 3.63) is 53.6 Å². The number of rotatable bonds is 6. The highest BCUT2D eigenvalue weighted by molar-refractivity contribution is 7.89. The fourth-order valence-electron chi connectivity index (χ4n) is 1.94. The van der Waals surface area contributed by atoms with E-state index in [4.69, 9.17) is 5.73 Å². The zero-order valence-corrected chi connectivity index (χ0v) is 12.6. The van der Waals surface area contributed by atoms with Gasteiger partial charge in [-0.25, -0.2) is 23.1 Å². The molecule has 0 fully saturated rings. The van der Waals surface area contributed by atoms with Gasteiger partial charge in [-0.3, -0.25) is 0 Å². The lowest BCUT2D eigenvalue weighted by molar-refractivity contribution is 0.579. The zero-order chi connectivity index (χ0) is 15.3. The normalized spacial score (nSPS) is 11.5. The summed E-state index contributed by atoms with van der Waals surface area (Å²) >= 11 is 0. The van der Waals surface area contributed by atoms with Crippen LogP contribution >= 0.6 is 0 Å². The van der Waals surface area contributed by atoms with Gasteiger partial charge < -0.3 is 5.73 Å². The van der Waals surface area contributed by atoms with Crippen molar-refractivity contribution in [3.8, 4) is 0 Å². The van der Waals surface area contributed by atoms with Gasteiger partial charge in [0, 0.05) is 12.7 Å². The van der Waals surface area contributed by atoms with Gasteiger partial charge in [-0.15, -0.1) is 0 Å². The molecule has 0 saturated carbocycles. The Morgan fingerprint density at radius 2 is 2.10 bits per heavy atom. The van der Waals surface area contributed by atoms with E-state index in [2.05, 4.69) is 14.7 Å². The minimum Gasteiger partial charge on any atom is -0.326 e. The maximum Gasteiger partial charge on any atom is 0.241 e. The maximum absolute atomic E-state index is 12.5. The van der Waals surface area contributed by atoms with Gasteiger partial charge in [0.15, 0.2) is 0 Å². The van der Waals surface area contributed by atoms with Gasteiger partial charge in [0.05, 0.1) is 17.1 Å². The Morgan fingerprint density at radius 1 is 1.29 bits per heavy atom. The van der Waals surface area contributed by atoms with Gasteiger partial charge in [0.2, 0.25) is 10.0 Å². The molecule has 0 aliphatic heterocycles. The Hall–Kier alpha value is -1.83. The van der Waals surface area contributed by atoms with Crippen molar-refractivity contribution < 1.29 is 8.42 Å². The smallest absolute Gasteiger partial charge is 0.241 e. The highest BCUT2D eigenvalue weighted by Gasteiger charge is 2.18. The summed E-state index contributed by atoms with van der Waals surface area (Å²) in [5, 5.41) is 0. The molecule has 0 unspecified atom stereocenters. The van der Waals surface area contributed by atoms with E-state index in [-0.39, 0.29) is 11.4 Å². The van der Waals surface area contributed by atoms with E-state index in [1.165, 1.54) is 6.33 Å². The van der Waals surface area contributed by atoms with Crippen molar-refractivity contribution in [2.75, 3.05) is 0 Å². The van der Waals surface area contributed by atoms with Crippen LogP contribution in [0.15, 0.2) is 41.7 Å². The molecule has 112 valence electrons. The molecule has 0 amide bonds. The van der Waals surface area contributed by atoms with Crippen molar-refractivity contribution in [1.29, 1.82) is 0 Å². The van der Waals surface area contributed by atoms with E-state index in [1.54, 1.807) is 24.4 Å². The molecule has 1 aromatic carbocycles. The Balaban J connectivity index is 2.26. The summed E-state index contributed by atoms with van der Waals surface area (Å²) in [5.74, 6) is 0. The maximum atomic E-state index is 12.5. The van der Waals surface area contributed by atoms with Gasteiger partial charge in [-0.2, -0.15) is 0 Å². The van der Waals surface area contributed by atoms with Crippen molar-refractivity contribution in [2.45, 2.75) is 31.3 Å². The first-order valence-corrected chi connectivity index (χ1v) is 8.11. The van der Waals surface area contributed by atoms with E-state index < -0.39 is 10.0 Å². The minimum atomic E-state index is -3.60. The first kappa shape index (κ1) is 15.6. The molecule has 0 atom stereocenters. The van der Waals surface area contributed by atoms with E-state index in [0.717, 1.165) is 11.1 Å². The van der Waals surface area contributed by atoms with Crippen LogP contribution in [0.1, 0.15) is 23.7 Å². The lowest BCUT2D eigenvalue weighted by Crippen LogP contribution is -2.25. The van der Waals surface area contributed by atoms with Crippen molar-refractivity contribution in [2.24, 2.45) is 5.73 Å². The third-order valence-corrected chi connectivity index (χ3v) is 4.61. The van der Waals surface area contributed by atoms with E-state index in [0.29, 0.717) is 18.7 Å². The molecule has 2 aromatic rings. The largest absolute Gasteiger partial charge is 0.326 e. The van der Waals surface area contributed by atoms with Gasteiger partial charge in [-0.05, 0) is 29.7 Å². The summed E-state index contributed by atoms with van der Waals surface area (Å²) in [6, 6.07) is 6.95. The molecule has 6 nitrogen and oxygen atoms in total. The fraction of sp³-hybridized carbons (Fsp3) is 0.286. The van der Waals surface area contributed by atoms with Crippen LogP contribution in [-0.2, 0) is 29.5 Å². The Kier molecular flexibility index (Phi) is 5.00. The van der Waals surface area contributed by atoms with Crippen molar-refractivity contribution in [3.63, 3.8) is 0 Å². The first-order chi connectivity index (χ1) is 10.1. The van der Waals surface area contributed by atoms with Gasteiger partial charge in [-0.1, -0.05) is 19.1 Å². The molecule has 0 radical (unpaired) electrons. The van der Waals surface area contributed by atoms with Crippen LogP contribution in [0.5, 0.6) is 0 Å². The first-order valence-electron chi connectivity index (χ1n) is 6.63. The van der Waals surface area contributed by atoms with E-state index in [1.807, 2.05) is 13.0 Å². The van der Waals surface area contributed by atoms with E-state index in [9.17, 15) is 8.42 Å². The highest BCUT2D eigenvalue weighted by Crippen LogP contribution is 2.18. The third kappa shape index (κ3) is 3.84. The molecule has 0 saturated heterocycles. The average Bonchev–Trinajstić information content (AvgIpc) is 2.53. The summed E-state index contributed by atoms with van der Waals surface area (Å²) in [7, 11) is -3.60. The van der Waals surface area contributed by atoms with Crippen LogP contribution in [0.2, 0.25) is 0 Å². The highest BCUT2D eigenvalue weighted by atomic mass is 32.2. The third-order valence-electron chi connectivity index (χ3n) is 3.12. The van der Waals surface area contributed by atoms with Gasteiger partial charge >= 0.3 is 0 Å². The summed E-state index contributed by atoms with van der Waals surface area (Å²) < 4.78 is 27.5. The molecule has 0 aliphatic carbocycles. The second kappa shape index (κ2) is 6.75.